The highest BCUT2D eigenvalue weighted by Crippen LogP contribution is 2.33. The molecule has 0 atom stereocenters. The molecular formula is C10H14O8S2. The van der Waals surface area contributed by atoms with E-state index in [2.05, 4.69) is 18.9 Å². The second kappa shape index (κ2) is 9.48. The minimum atomic E-state index is -1.33. The minimum absolute atomic E-state index is 0.648. The monoisotopic (exact) mass is 326 g/mol. The quantitative estimate of drug-likeness (QED) is 0.270. The summed E-state index contributed by atoms with van der Waals surface area (Å²) in [5.41, 5.74) is 0. The molecule has 0 aliphatic carbocycles. The molecule has 0 aromatic carbocycles. The molecule has 0 spiro atoms. The summed E-state index contributed by atoms with van der Waals surface area (Å²) < 4.78 is 17.7. The number of methoxy groups -OCH3 is 4. The standard InChI is InChI=1S/C10H14O8S2/c1-15-7(11)5(8(12)16-2)19-20-6(9(13)17-3)10(14)18-4/h5-6H,1-4H3. The van der Waals surface area contributed by atoms with Crippen LogP contribution in [-0.2, 0) is 38.1 Å². The third-order valence-corrected chi connectivity index (χ3v) is 4.66. The fourth-order valence-corrected chi connectivity index (χ4v) is 3.42. The van der Waals surface area contributed by atoms with Crippen molar-refractivity contribution in [2.75, 3.05) is 28.4 Å². The first kappa shape index (κ1) is 18.6. The Morgan fingerprint density at radius 3 is 0.950 bits per heavy atom. The molecule has 0 aliphatic heterocycles. The molecule has 0 aliphatic rings. The Hall–Kier alpha value is -1.42. The van der Waals surface area contributed by atoms with E-state index < -0.39 is 34.4 Å². The smallest absolute Gasteiger partial charge is 0.331 e. The Morgan fingerprint density at radius 2 is 0.800 bits per heavy atom. The summed E-state index contributed by atoms with van der Waals surface area (Å²) in [4.78, 5) is 45.7. The van der Waals surface area contributed by atoms with Gasteiger partial charge in [0.05, 0.1) is 28.4 Å². The summed E-state index contributed by atoms with van der Waals surface area (Å²) in [6, 6.07) is 0. The van der Waals surface area contributed by atoms with Gasteiger partial charge in [-0.15, -0.1) is 0 Å². The Bertz CT molecular complexity index is 315. The molecule has 0 radical (unpaired) electrons. The number of ether oxygens (including phenoxy) is 4. The van der Waals surface area contributed by atoms with E-state index in [4.69, 9.17) is 0 Å². The van der Waals surface area contributed by atoms with Crippen molar-refractivity contribution < 1.29 is 38.1 Å². The zero-order valence-electron chi connectivity index (χ0n) is 11.2. The lowest BCUT2D eigenvalue weighted by Gasteiger charge is -2.14. The SMILES string of the molecule is COC(=O)C(SSC(C(=O)OC)C(=O)OC)C(=O)OC. The minimum Gasteiger partial charge on any atom is -0.468 e. The van der Waals surface area contributed by atoms with Gasteiger partial charge in [0.2, 0.25) is 10.5 Å². The molecule has 0 aromatic heterocycles. The first-order valence-electron chi connectivity index (χ1n) is 5.06. The molecule has 10 heteroatoms. The number of hydrogen-bond donors (Lipinski definition) is 0. The average Bonchev–Trinajstić information content (AvgIpc) is 2.48. The van der Waals surface area contributed by atoms with Gasteiger partial charge < -0.3 is 18.9 Å². The van der Waals surface area contributed by atoms with E-state index >= 15 is 0 Å². The molecule has 0 saturated carbocycles. The third-order valence-electron chi connectivity index (χ3n) is 1.91. The second-order valence-corrected chi connectivity index (χ2v) is 5.53. The number of carbonyl (C=O) groups is 4. The molecular weight excluding hydrogens is 312 g/mol. The molecule has 0 N–H and O–H groups in total. The van der Waals surface area contributed by atoms with Crippen molar-refractivity contribution in [2.45, 2.75) is 10.5 Å². The van der Waals surface area contributed by atoms with E-state index in [0.29, 0.717) is 21.6 Å². The van der Waals surface area contributed by atoms with Gasteiger partial charge in [0.1, 0.15) is 0 Å². The molecule has 0 amide bonds. The van der Waals surface area contributed by atoms with Gasteiger partial charge in [-0.05, 0) is 0 Å². The fourth-order valence-electron chi connectivity index (χ4n) is 0.889. The van der Waals surface area contributed by atoms with E-state index in [0.717, 1.165) is 28.4 Å². The van der Waals surface area contributed by atoms with Crippen molar-refractivity contribution in [3.63, 3.8) is 0 Å². The lowest BCUT2D eigenvalue weighted by molar-refractivity contribution is -0.152. The second-order valence-electron chi connectivity index (χ2n) is 3.05. The van der Waals surface area contributed by atoms with Crippen molar-refractivity contribution in [1.29, 1.82) is 0 Å². The molecule has 0 heterocycles. The van der Waals surface area contributed by atoms with Crippen LogP contribution in [0.3, 0.4) is 0 Å². The summed E-state index contributed by atoms with van der Waals surface area (Å²) in [5, 5.41) is -2.65. The van der Waals surface area contributed by atoms with E-state index in [1.807, 2.05) is 0 Å². The highest BCUT2D eigenvalue weighted by molar-refractivity contribution is 8.77. The topological polar surface area (TPSA) is 105 Å². The molecule has 0 rings (SSSR count). The van der Waals surface area contributed by atoms with Crippen LogP contribution in [0.2, 0.25) is 0 Å². The van der Waals surface area contributed by atoms with Gasteiger partial charge in [-0.1, -0.05) is 21.6 Å². The molecule has 8 nitrogen and oxygen atoms in total. The molecule has 0 bridgehead atoms. The largest absolute Gasteiger partial charge is 0.468 e. The van der Waals surface area contributed by atoms with E-state index in [1.54, 1.807) is 0 Å². The van der Waals surface area contributed by atoms with Gasteiger partial charge in [-0.25, -0.2) is 0 Å². The van der Waals surface area contributed by atoms with Gasteiger partial charge in [0.15, 0.2) is 0 Å². The van der Waals surface area contributed by atoms with Gasteiger partial charge >= 0.3 is 23.9 Å². The van der Waals surface area contributed by atoms with Crippen LogP contribution < -0.4 is 0 Å². The highest BCUT2D eigenvalue weighted by atomic mass is 33.1. The summed E-state index contributed by atoms with van der Waals surface area (Å²) in [7, 11) is 5.69. The van der Waals surface area contributed by atoms with Crippen LogP contribution in [0.5, 0.6) is 0 Å². The van der Waals surface area contributed by atoms with Crippen molar-refractivity contribution >= 4 is 45.5 Å². The molecule has 0 fully saturated rings. The maximum absolute atomic E-state index is 11.4. The van der Waals surface area contributed by atoms with Crippen LogP contribution in [0.4, 0.5) is 0 Å². The van der Waals surface area contributed by atoms with Gasteiger partial charge in [-0.2, -0.15) is 0 Å². The van der Waals surface area contributed by atoms with Crippen molar-refractivity contribution in [2.24, 2.45) is 0 Å². The van der Waals surface area contributed by atoms with Crippen LogP contribution in [0.15, 0.2) is 0 Å². The van der Waals surface area contributed by atoms with Crippen molar-refractivity contribution in [3.8, 4) is 0 Å². The first-order valence-corrected chi connectivity index (χ1v) is 7.33. The highest BCUT2D eigenvalue weighted by Gasteiger charge is 2.36. The van der Waals surface area contributed by atoms with Crippen molar-refractivity contribution in [3.05, 3.63) is 0 Å². The van der Waals surface area contributed by atoms with E-state index in [1.165, 1.54) is 0 Å². The number of esters is 4. The van der Waals surface area contributed by atoms with Crippen LogP contribution >= 0.6 is 21.6 Å². The van der Waals surface area contributed by atoms with Crippen LogP contribution in [0.1, 0.15) is 0 Å². The molecule has 0 unspecified atom stereocenters. The lowest BCUT2D eigenvalue weighted by Crippen LogP contribution is -2.32. The van der Waals surface area contributed by atoms with Crippen LogP contribution in [0.25, 0.3) is 0 Å². The van der Waals surface area contributed by atoms with Crippen LogP contribution in [0, 0.1) is 0 Å². The fraction of sp³-hybridized carbons (Fsp3) is 0.600. The number of rotatable bonds is 7. The number of carbonyl (C=O) groups excluding carboxylic acids is 4. The predicted molar refractivity (Wildman–Crippen MR) is 70.8 cm³/mol. The Morgan fingerprint density at radius 1 is 0.600 bits per heavy atom. The van der Waals surface area contributed by atoms with Crippen LogP contribution in [-0.4, -0.2) is 62.8 Å². The summed E-state index contributed by atoms with van der Waals surface area (Å²) in [6.45, 7) is 0. The summed E-state index contributed by atoms with van der Waals surface area (Å²) in [5.74, 6) is -3.43. The molecule has 114 valence electrons. The lowest BCUT2D eigenvalue weighted by atomic mass is 10.4. The summed E-state index contributed by atoms with van der Waals surface area (Å²) in [6.07, 6.45) is 0. The maximum atomic E-state index is 11.4. The van der Waals surface area contributed by atoms with Gasteiger partial charge in [0, 0.05) is 0 Å². The summed E-state index contributed by atoms with van der Waals surface area (Å²) >= 11 is 0. The molecule has 0 saturated heterocycles. The normalized spacial score (nSPS) is 10.1. The van der Waals surface area contributed by atoms with Gasteiger partial charge in [0.25, 0.3) is 0 Å². The van der Waals surface area contributed by atoms with Crippen molar-refractivity contribution in [1.82, 2.24) is 0 Å². The average molecular weight is 326 g/mol. The molecule has 20 heavy (non-hydrogen) atoms. The Labute approximate surface area is 123 Å². The number of hydrogen-bond acceptors (Lipinski definition) is 10. The zero-order valence-corrected chi connectivity index (χ0v) is 12.9. The van der Waals surface area contributed by atoms with E-state index in [9.17, 15) is 19.2 Å². The van der Waals surface area contributed by atoms with Gasteiger partial charge in [-0.3, -0.25) is 19.2 Å². The maximum Gasteiger partial charge on any atom is 0.331 e. The third kappa shape index (κ3) is 5.29. The molecule has 0 aromatic rings. The predicted octanol–water partition coefficient (Wildman–Crippen LogP) is -0.203. The zero-order chi connectivity index (χ0) is 15.7. The van der Waals surface area contributed by atoms with E-state index in [-0.39, 0.29) is 0 Å². The Kier molecular flexibility index (Phi) is 8.81. The first-order chi connectivity index (χ1) is 9.42. The Balaban J connectivity index is 4.86.